The van der Waals surface area contributed by atoms with Crippen molar-refractivity contribution in [1.29, 1.82) is 0 Å². The van der Waals surface area contributed by atoms with Crippen LogP contribution in [0.5, 0.6) is 0 Å². The zero-order valence-electron chi connectivity index (χ0n) is 12.1. The first kappa shape index (κ1) is 12.6. The van der Waals surface area contributed by atoms with E-state index in [9.17, 15) is 0 Å². The maximum atomic E-state index is 6.12. The van der Waals surface area contributed by atoms with E-state index in [1.165, 1.54) is 25.7 Å². The zero-order valence-corrected chi connectivity index (χ0v) is 12.8. The van der Waals surface area contributed by atoms with Gasteiger partial charge >= 0.3 is 0 Å². The van der Waals surface area contributed by atoms with Gasteiger partial charge in [0.25, 0.3) is 0 Å². The van der Waals surface area contributed by atoms with Crippen LogP contribution in [0.4, 0.5) is 5.95 Å². The second-order valence-corrected chi connectivity index (χ2v) is 6.85. The molecule has 2 aliphatic rings. The van der Waals surface area contributed by atoms with Gasteiger partial charge in [-0.05, 0) is 49.8 Å². The van der Waals surface area contributed by atoms with Crippen LogP contribution in [0.25, 0.3) is 16.6 Å². The third-order valence-corrected chi connectivity index (χ3v) is 4.75. The van der Waals surface area contributed by atoms with E-state index in [4.69, 9.17) is 16.6 Å². The molecule has 3 aromatic rings. The fourth-order valence-electron chi connectivity index (χ4n) is 2.91. The van der Waals surface area contributed by atoms with Gasteiger partial charge in [-0.2, -0.15) is 0 Å². The number of aromatic nitrogens is 4. The average molecular weight is 314 g/mol. The van der Waals surface area contributed by atoms with Gasteiger partial charge in [0.2, 0.25) is 5.95 Å². The highest BCUT2D eigenvalue weighted by atomic mass is 35.5. The molecule has 0 aliphatic heterocycles. The molecule has 2 heterocycles. The first-order valence-corrected chi connectivity index (χ1v) is 8.25. The van der Waals surface area contributed by atoms with Gasteiger partial charge < -0.3 is 5.32 Å². The number of nitrogens with one attached hydrogen (secondary N) is 1. The van der Waals surface area contributed by atoms with Crippen LogP contribution in [0, 0.1) is 5.92 Å². The van der Waals surface area contributed by atoms with Crippen molar-refractivity contribution in [3.63, 3.8) is 0 Å². The van der Waals surface area contributed by atoms with Gasteiger partial charge in [-0.3, -0.25) is 0 Å². The van der Waals surface area contributed by atoms with E-state index in [0.717, 1.165) is 40.8 Å². The summed E-state index contributed by atoms with van der Waals surface area (Å²) >= 11 is 6.12. The van der Waals surface area contributed by atoms with Crippen LogP contribution in [0.2, 0.25) is 5.02 Å². The molecule has 0 amide bonds. The Kier molecular flexibility index (Phi) is 2.62. The van der Waals surface area contributed by atoms with Crippen molar-refractivity contribution in [2.75, 3.05) is 11.9 Å². The van der Waals surface area contributed by atoms with Gasteiger partial charge in [0.15, 0.2) is 5.65 Å². The lowest BCUT2D eigenvalue weighted by Crippen LogP contribution is -2.11. The molecule has 5 nitrogen and oxygen atoms in total. The highest BCUT2D eigenvalue weighted by molar-refractivity contribution is 6.31. The van der Waals surface area contributed by atoms with Crippen molar-refractivity contribution in [2.24, 2.45) is 5.92 Å². The minimum Gasteiger partial charge on any atom is -0.355 e. The summed E-state index contributed by atoms with van der Waals surface area (Å²) in [5.74, 6) is 3.21. The molecular weight excluding hydrogens is 298 g/mol. The molecule has 0 radical (unpaired) electrons. The summed E-state index contributed by atoms with van der Waals surface area (Å²) in [4.78, 5) is 4.79. The van der Waals surface area contributed by atoms with Gasteiger partial charge in [-0.1, -0.05) is 11.6 Å². The highest BCUT2D eigenvalue weighted by Crippen LogP contribution is 2.40. The summed E-state index contributed by atoms with van der Waals surface area (Å²) < 4.78 is 2.11. The summed E-state index contributed by atoms with van der Waals surface area (Å²) in [7, 11) is 0. The van der Waals surface area contributed by atoms with Crippen LogP contribution in [0.3, 0.4) is 0 Å². The summed E-state index contributed by atoms with van der Waals surface area (Å²) in [5.41, 5.74) is 1.75. The van der Waals surface area contributed by atoms with E-state index in [1.807, 2.05) is 18.2 Å². The van der Waals surface area contributed by atoms with Crippen LogP contribution < -0.4 is 5.32 Å². The smallest absolute Gasteiger partial charge is 0.210 e. The first-order chi connectivity index (χ1) is 10.8. The quantitative estimate of drug-likeness (QED) is 0.799. The molecule has 2 aromatic heterocycles. The third kappa shape index (κ3) is 2.03. The van der Waals surface area contributed by atoms with Gasteiger partial charge in [0.1, 0.15) is 5.82 Å². The standard InChI is InChI=1S/C16H16ClN5/c17-11-5-6-12-13(7-11)19-16(18-8-9-1-2-9)22-14(10-3-4-10)20-21-15(12)22/h5-7,9-10H,1-4,8H2,(H,18,19). The Labute approximate surface area is 132 Å². The summed E-state index contributed by atoms with van der Waals surface area (Å²) in [6, 6.07) is 5.76. The summed E-state index contributed by atoms with van der Waals surface area (Å²) in [6.45, 7) is 0.969. The fourth-order valence-corrected chi connectivity index (χ4v) is 3.08. The molecule has 0 spiro atoms. The molecule has 1 aromatic carbocycles. The van der Waals surface area contributed by atoms with E-state index < -0.39 is 0 Å². The van der Waals surface area contributed by atoms with Crippen molar-refractivity contribution >= 4 is 34.1 Å². The van der Waals surface area contributed by atoms with E-state index in [2.05, 4.69) is 19.9 Å². The van der Waals surface area contributed by atoms with Crippen LogP contribution in [0.15, 0.2) is 18.2 Å². The van der Waals surface area contributed by atoms with E-state index in [0.29, 0.717) is 10.9 Å². The first-order valence-electron chi connectivity index (χ1n) is 7.88. The number of fused-ring (bicyclic) bond motifs is 3. The molecular formula is C16H16ClN5. The second kappa shape index (κ2) is 4.56. The highest BCUT2D eigenvalue weighted by Gasteiger charge is 2.31. The molecule has 0 unspecified atom stereocenters. The van der Waals surface area contributed by atoms with Crippen molar-refractivity contribution in [2.45, 2.75) is 31.6 Å². The van der Waals surface area contributed by atoms with E-state index >= 15 is 0 Å². The SMILES string of the molecule is Clc1ccc2c(c1)nc(NCC1CC1)n1c(C3CC3)nnc21. The number of hydrogen-bond acceptors (Lipinski definition) is 4. The lowest BCUT2D eigenvalue weighted by atomic mass is 10.2. The molecule has 22 heavy (non-hydrogen) atoms. The summed E-state index contributed by atoms with van der Waals surface area (Å²) in [6.07, 6.45) is 5.02. The molecule has 0 saturated heterocycles. The van der Waals surface area contributed by atoms with Crippen LogP contribution in [0.1, 0.15) is 37.4 Å². The largest absolute Gasteiger partial charge is 0.355 e. The monoisotopic (exact) mass is 313 g/mol. The number of benzene rings is 1. The molecule has 1 N–H and O–H groups in total. The Morgan fingerprint density at radius 2 is 2.05 bits per heavy atom. The Hall–Kier alpha value is -1.88. The Balaban J connectivity index is 1.74. The lowest BCUT2D eigenvalue weighted by Gasteiger charge is -2.11. The van der Waals surface area contributed by atoms with Gasteiger partial charge in [0, 0.05) is 22.9 Å². The van der Waals surface area contributed by atoms with Crippen molar-refractivity contribution in [3.05, 3.63) is 29.0 Å². The van der Waals surface area contributed by atoms with Gasteiger partial charge in [-0.15, -0.1) is 10.2 Å². The van der Waals surface area contributed by atoms with E-state index in [1.54, 1.807) is 0 Å². The third-order valence-electron chi connectivity index (χ3n) is 4.52. The number of hydrogen-bond donors (Lipinski definition) is 1. The Bertz CT molecular complexity index is 879. The maximum absolute atomic E-state index is 6.12. The molecule has 2 aliphatic carbocycles. The second-order valence-electron chi connectivity index (χ2n) is 6.41. The number of nitrogens with zero attached hydrogens (tertiary/aromatic N) is 4. The van der Waals surface area contributed by atoms with Crippen LogP contribution >= 0.6 is 11.6 Å². The molecule has 2 saturated carbocycles. The predicted octanol–water partition coefficient (Wildman–Crippen LogP) is 3.63. The van der Waals surface area contributed by atoms with Crippen LogP contribution in [-0.2, 0) is 0 Å². The Morgan fingerprint density at radius 3 is 2.82 bits per heavy atom. The molecule has 2 fully saturated rings. The number of anilines is 1. The summed E-state index contributed by atoms with van der Waals surface area (Å²) in [5, 5.41) is 14.1. The maximum Gasteiger partial charge on any atom is 0.210 e. The van der Waals surface area contributed by atoms with Gasteiger partial charge in [-0.25, -0.2) is 9.38 Å². The normalized spacial score (nSPS) is 18.2. The minimum atomic E-state index is 0.531. The molecule has 5 rings (SSSR count). The topological polar surface area (TPSA) is 55.1 Å². The van der Waals surface area contributed by atoms with Crippen LogP contribution in [-0.4, -0.2) is 26.1 Å². The minimum absolute atomic E-state index is 0.531. The van der Waals surface area contributed by atoms with Crippen molar-refractivity contribution in [1.82, 2.24) is 19.6 Å². The fraction of sp³-hybridized carbons (Fsp3) is 0.438. The number of halogens is 1. The van der Waals surface area contributed by atoms with Crippen molar-refractivity contribution < 1.29 is 0 Å². The molecule has 6 heteroatoms. The Morgan fingerprint density at radius 1 is 1.18 bits per heavy atom. The van der Waals surface area contributed by atoms with Crippen molar-refractivity contribution in [3.8, 4) is 0 Å². The predicted molar refractivity (Wildman–Crippen MR) is 86.5 cm³/mol. The average Bonchev–Trinajstić information content (AvgIpc) is 3.43. The zero-order chi connectivity index (χ0) is 14.7. The van der Waals surface area contributed by atoms with Gasteiger partial charge in [0.05, 0.1) is 5.52 Å². The molecule has 0 bridgehead atoms. The van der Waals surface area contributed by atoms with E-state index in [-0.39, 0.29) is 0 Å². The molecule has 112 valence electrons. The molecule has 0 atom stereocenters. The number of rotatable bonds is 4. The lowest BCUT2D eigenvalue weighted by molar-refractivity contribution is 0.847.